The van der Waals surface area contributed by atoms with Crippen molar-refractivity contribution in [1.82, 2.24) is 0 Å². The minimum absolute atomic E-state index is 0.375. The molecule has 1 saturated carbocycles. The van der Waals surface area contributed by atoms with Crippen LogP contribution in [0.5, 0.6) is 0 Å². The predicted octanol–water partition coefficient (Wildman–Crippen LogP) is 13.0. The second-order valence-electron chi connectivity index (χ2n) is 14.0. The maximum atomic E-state index is 7.28. The van der Waals surface area contributed by atoms with Crippen LogP contribution in [-0.4, -0.2) is 44.0 Å². The third-order valence-corrected chi connectivity index (χ3v) is 16.4. The summed E-state index contributed by atoms with van der Waals surface area (Å²) in [4.78, 5) is 0. The highest BCUT2D eigenvalue weighted by Crippen LogP contribution is 2.42. The van der Waals surface area contributed by atoms with E-state index in [1.54, 1.807) is 0 Å². The summed E-state index contributed by atoms with van der Waals surface area (Å²) in [6, 6.07) is 0. The van der Waals surface area contributed by atoms with Crippen LogP contribution in [0.1, 0.15) is 207 Å². The van der Waals surface area contributed by atoms with E-state index < -0.39 is 17.6 Å². The highest BCUT2D eigenvalue weighted by molar-refractivity contribution is 6.75. The molecule has 0 atom stereocenters. The maximum Gasteiger partial charge on any atom is 0.496 e. The molecule has 0 bridgehead atoms. The molecule has 270 valence electrons. The van der Waals surface area contributed by atoms with E-state index in [0.717, 1.165) is 65.0 Å². The molecule has 0 aliphatic heterocycles. The Kier molecular flexibility index (Phi) is 29.1. The molecule has 0 aromatic heterocycles. The molecular weight excluding hydrogens is 593 g/mol. The standard InChI is InChI=1S/C38H80O5Si2/c1-6-10-14-18-22-28-34-39-44(5,40-35-29-23-19-15-11-7-2)43-45(38-32-26-27-33-38,41-36-30-24-20-16-12-8-3)42-37-31-25-21-17-13-9-4/h38H,6-37H2,1-5H3. The van der Waals surface area contributed by atoms with E-state index in [4.69, 9.17) is 21.8 Å². The second-order valence-corrected chi connectivity index (χ2v) is 19.7. The van der Waals surface area contributed by atoms with Crippen molar-refractivity contribution in [3.63, 3.8) is 0 Å². The zero-order chi connectivity index (χ0) is 32.7. The zero-order valence-electron chi connectivity index (χ0n) is 31.2. The molecule has 0 heterocycles. The summed E-state index contributed by atoms with van der Waals surface area (Å²) in [5.74, 6) is 0. The molecule has 7 heteroatoms. The lowest BCUT2D eigenvalue weighted by atomic mass is 10.1. The summed E-state index contributed by atoms with van der Waals surface area (Å²) in [6.45, 7) is 14.2. The first-order chi connectivity index (χ1) is 22.1. The fourth-order valence-electron chi connectivity index (χ4n) is 6.53. The van der Waals surface area contributed by atoms with Gasteiger partial charge in [0.05, 0.1) is 0 Å². The van der Waals surface area contributed by atoms with Gasteiger partial charge < -0.3 is 21.8 Å². The molecule has 0 aromatic carbocycles. The number of rotatable bonds is 35. The summed E-state index contributed by atoms with van der Waals surface area (Å²) in [7, 11) is -5.97. The summed E-state index contributed by atoms with van der Waals surface area (Å²) >= 11 is 0. The van der Waals surface area contributed by atoms with E-state index >= 15 is 0 Å². The largest absolute Gasteiger partial charge is 0.496 e. The van der Waals surface area contributed by atoms with Crippen LogP contribution >= 0.6 is 0 Å². The molecule has 0 saturated heterocycles. The topological polar surface area (TPSA) is 46.2 Å². The third-order valence-electron chi connectivity index (χ3n) is 9.51. The van der Waals surface area contributed by atoms with Crippen molar-refractivity contribution in [2.75, 3.05) is 26.4 Å². The van der Waals surface area contributed by atoms with Gasteiger partial charge in [-0.2, -0.15) is 0 Å². The first-order valence-corrected chi connectivity index (χ1v) is 24.3. The molecule has 0 amide bonds. The average molecular weight is 673 g/mol. The molecule has 0 N–H and O–H groups in total. The van der Waals surface area contributed by atoms with Gasteiger partial charge in [0, 0.05) is 38.5 Å². The van der Waals surface area contributed by atoms with Gasteiger partial charge in [-0.25, -0.2) is 0 Å². The second kappa shape index (κ2) is 30.3. The van der Waals surface area contributed by atoms with Gasteiger partial charge in [-0.3, -0.25) is 0 Å². The highest BCUT2D eigenvalue weighted by Gasteiger charge is 2.56. The third kappa shape index (κ3) is 22.5. The van der Waals surface area contributed by atoms with Crippen molar-refractivity contribution in [2.45, 2.75) is 220 Å². The Bertz CT molecular complexity index is 581. The monoisotopic (exact) mass is 673 g/mol. The van der Waals surface area contributed by atoms with E-state index in [1.165, 1.54) is 141 Å². The first kappa shape index (κ1) is 43.3. The molecule has 0 spiro atoms. The van der Waals surface area contributed by atoms with Gasteiger partial charge in [0.2, 0.25) is 0 Å². The lowest BCUT2D eigenvalue weighted by Gasteiger charge is -2.40. The van der Waals surface area contributed by atoms with Gasteiger partial charge in [0.1, 0.15) is 0 Å². The molecule has 0 unspecified atom stereocenters. The highest BCUT2D eigenvalue weighted by atomic mass is 28.5. The summed E-state index contributed by atoms with van der Waals surface area (Å²) < 4.78 is 34.6. The molecule has 1 rings (SSSR count). The van der Waals surface area contributed by atoms with Crippen molar-refractivity contribution < 1.29 is 21.8 Å². The minimum atomic E-state index is -3.01. The molecule has 45 heavy (non-hydrogen) atoms. The number of hydrogen-bond donors (Lipinski definition) is 0. The predicted molar refractivity (Wildman–Crippen MR) is 198 cm³/mol. The summed E-state index contributed by atoms with van der Waals surface area (Å²) in [5, 5.41) is 0. The van der Waals surface area contributed by atoms with Gasteiger partial charge in [-0.15, -0.1) is 0 Å². The van der Waals surface area contributed by atoms with Gasteiger partial charge in [-0.1, -0.05) is 169 Å². The lowest BCUT2D eigenvalue weighted by molar-refractivity contribution is 0.0354. The maximum absolute atomic E-state index is 7.28. The number of hydrogen-bond acceptors (Lipinski definition) is 5. The van der Waals surface area contributed by atoms with Gasteiger partial charge >= 0.3 is 17.6 Å². The van der Waals surface area contributed by atoms with Crippen LogP contribution in [0.25, 0.3) is 0 Å². The van der Waals surface area contributed by atoms with Gasteiger partial charge in [-0.05, 0) is 38.5 Å². The quantitative estimate of drug-likeness (QED) is 0.0495. The van der Waals surface area contributed by atoms with E-state index in [-0.39, 0.29) is 0 Å². The Labute approximate surface area is 284 Å². The molecule has 1 fully saturated rings. The van der Waals surface area contributed by atoms with Crippen LogP contribution in [0.3, 0.4) is 0 Å². The summed E-state index contributed by atoms with van der Waals surface area (Å²) in [5.41, 5.74) is 0.375. The Morgan fingerprint density at radius 3 is 1.02 bits per heavy atom. The van der Waals surface area contributed by atoms with Crippen molar-refractivity contribution >= 4 is 17.6 Å². The van der Waals surface area contributed by atoms with E-state index in [9.17, 15) is 0 Å². The molecular formula is C38H80O5Si2. The van der Waals surface area contributed by atoms with Crippen LogP contribution in [-0.2, 0) is 21.8 Å². The van der Waals surface area contributed by atoms with Crippen molar-refractivity contribution in [1.29, 1.82) is 0 Å². The molecule has 1 aliphatic carbocycles. The summed E-state index contributed by atoms with van der Waals surface area (Å²) in [6.07, 6.45) is 35.0. The minimum Gasteiger partial charge on any atom is -0.374 e. The molecule has 0 aromatic rings. The van der Waals surface area contributed by atoms with Gasteiger partial charge in [0.25, 0.3) is 0 Å². The zero-order valence-corrected chi connectivity index (χ0v) is 33.2. The molecule has 0 radical (unpaired) electrons. The van der Waals surface area contributed by atoms with Crippen molar-refractivity contribution in [3.05, 3.63) is 0 Å². The average Bonchev–Trinajstić information content (AvgIpc) is 3.59. The first-order valence-electron chi connectivity index (χ1n) is 20.3. The molecule has 5 nitrogen and oxygen atoms in total. The fourth-order valence-corrected chi connectivity index (χ4v) is 13.8. The van der Waals surface area contributed by atoms with Crippen molar-refractivity contribution in [2.24, 2.45) is 0 Å². The van der Waals surface area contributed by atoms with Crippen LogP contribution in [0, 0.1) is 0 Å². The smallest absolute Gasteiger partial charge is 0.374 e. The number of unbranched alkanes of at least 4 members (excludes halogenated alkanes) is 20. The Morgan fingerprint density at radius 2 is 0.689 bits per heavy atom. The van der Waals surface area contributed by atoms with E-state index in [0.29, 0.717) is 5.54 Å². The lowest BCUT2D eigenvalue weighted by Crippen LogP contribution is -2.60. The van der Waals surface area contributed by atoms with Gasteiger partial charge in [0.15, 0.2) is 0 Å². The fraction of sp³-hybridized carbons (Fsp3) is 1.00. The van der Waals surface area contributed by atoms with E-state index in [1.807, 2.05) is 0 Å². The molecule has 1 aliphatic rings. The Balaban J connectivity index is 2.98. The van der Waals surface area contributed by atoms with E-state index in [2.05, 4.69) is 34.2 Å². The van der Waals surface area contributed by atoms with Crippen LogP contribution in [0.2, 0.25) is 12.1 Å². The van der Waals surface area contributed by atoms with Crippen LogP contribution in [0.15, 0.2) is 0 Å². The normalized spacial score (nSPS) is 14.6. The Morgan fingerprint density at radius 1 is 0.400 bits per heavy atom. The van der Waals surface area contributed by atoms with Crippen LogP contribution < -0.4 is 0 Å². The van der Waals surface area contributed by atoms with Crippen molar-refractivity contribution in [3.8, 4) is 0 Å². The Hall–Kier alpha value is 0.234. The SMILES string of the molecule is CCCCCCCCO[Si](C)(OCCCCCCCC)O[Si](OCCCCCCCC)(OCCCCCCCC)C1CCCC1. The van der Waals surface area contributed by atoms with Crippen LogP contribution in [0.4, 0.5) is 0 Å².